The van der Waals surface area contributed by atoms with E-state index >= 15 is 0 Å². The van der Waals surface area contributed by atoms with Crippen molar-refractivity contribution in [1.82, 2.24) is 10.2 Å². The molecular weight excluding hydrogens is 622 g/mol. The van der Waals surface area contributed by atoms with Gasteiger partial charge in [-0.2, -0.15) is 0 Å². The molecule has 0 saturated carbocycles. The third kappa shape index (κ3) is 9.11. The van der Waals surface area contributed by atoms with E-state index in [0.717, 1.165) is 9.87 Å². The lowest BCUT2D eigenvalue weighted by Gasteiger charge is -2.34. The van der Waals surface area contributed by atoms with Crippen LogP contribution in [-0.2, 0) is 32.6 Å². The van der Waals surface area contributed by atoms with Crippen LogP contribution in [0.5, 0.6) is 5.75 Å². The zero-order valence-electron chi connectivity index (χ0n) is 26.3. The number of hydrogen-bond acceptors (Lipinski definition) is 5. The van der Waals surface area contributed by atoms with Gasteiger partial charge in [-0.3, -0.25) is 13.9 Å². The molecule has 0 radical (unpaired) electrons. The van der Waals surface area contributed by atoms with Crippen LogP contribution in [0.4, 0.5) is 5.69 Å². The summed E-state index contributed by atoms with van der Waals surface area (Å²) in [4.78, 5) is 29.8. The van der Waals surface area contributed by atoms with Crippen molar-refractivity contribution in [2.24, 2.45) is 5.92 Å². The summed E-state index contributed by atoms with van der Waals surface area (Å²) in [6.45, 7) is 6.12. The molecule has 242 valence electrons. The summed E-state index contributed by atoms with van der Waals surface area (Å²) >= 11 is 6.55. The quantitative estimate of drug-likeness (QED) is 0.160. The Morgan fingerprint density at radius 2 is 1.46 bits per heavy atom. The van der Waals surface area contributed by atoms with Gasteiger partial charge in [0.05, 0.1) is 17.2 Å². The fourth-order valence-electron chi connectivity index (χ4n) is 4.91. The third-order valence-corrected chi connectivity index (χ3v) is 9.46. The lowest BCUT2D eigenvalue weighted by atomic mass is 10.0. The number of hydrogen-bond donors (Lipinski definition) is 1. The number of nitrogens with one attached hydrogen (secondary N) is 1. The SMILES string of the molecule is CCOc1ccc(S(=O)(=O)N(CC(=O)N(Cc2ccccc2Cl)C(Cc2ccccc2)C(=O)NCC(C)C)c2ccccc2)cc1. The predicted octanol–water partition coefficient (Wildman–Crippen LogP) is 6.35. The standard InChI is InChI=1S/C36H40ClN3O5S/c1-4-45-31-19-21-32(22-20-31)46(43,44)40(30-16-9-6-10-17-30)26-35(41)39(25-29-15-11-12-18-33(29)37)34(36(42)38-24-27(2)3)23-28-13-7-5-8-14-28/h5-22,27,34H,4,23-26H2,1-3H3,(H,38,42). The van der Waals surface area contributed by atoms with Gasteiger partial charge in [-0.25, -0.2) is 8.42 Å². The zero-order chi connectivity index (χ0) is 33.1. The summed E-state index contributed by atoms with van der Waals surface area (Å²) in [5.41, 5.74) is 1.80. The Hall–Kier alpha value is -4.34. The number of benzene rings is 4. The third-order valence-electron chi connectivity index (χ3n) is 7.30. The number of rotatable bonds is 15. The molecule has 1 unspecified atom stereocenters. The maximum Gasteiger partial charge on any atom is 0.264 e. The molecule has 0 fully saturated rings. The van der Waals surface area contributed by atoms with Gasteiger partial charge in [-0.1, -0.05) is 92.2 Å². The van der Waals surface area contributed by atoms with E-state index < -0.39 is 28.5 Å². The fourth-order valence-corrected chi connectivity index (χ4v) is 6.52. The molecule has 4 aromatic rings. The van der Waals surface area contributed by atoms with Crippen molar-refractivity contribution in [1.29, 1.82) is 0 Å². The van der Waals surface area contributed by atoms with Gasteiger partial charge in [0.2, 0.25) is 11.8 Å². The Kier molecular flexibility index (Phi) is 12.2. The van der Waals surface area contributed by atoms with E-state index in [0.29, 0.717) is 35.2 Å². The first kappa shape index (κ1) is 34.5. The molecule has 1 N–H and O–H groups in total. The van der Waals surface area contributed by atoms with Gasteiger partial charge in [0, 0.05) is 24.5 Å². The van der Waals surface area contributed by atoms with E-state index in [2.05, 4.69) is 5.32 Å². The van der Waals surface area contributed by atoms with Gasteiger partial charge < -0.3 is 15.0 Å². The minimum Gasteiger partial charge on any atom is -0.494 e. The molecule has 0 heterocycles. The summed E-state index contributed by atoms with van der Waals surface area (Å²) in [5.74, 6) is -0.176. The van der Waals surface area contributed by atoms with Crippen LogP contribution in [0.25, 0.3) is 0 Å². The monoisotopic (exact) mass is 661 g/mol. The molecule has 8 nitrogen and oxygen atoms in total. The summed E-state index contributed by atoms with van der Waals surface area (Å²) in [5, 5.41) is 3.42. The molecule has 0 saturated heterocycles. The normalized spacial score (nSPS) is 11.9. The molecule has 0 spiro atoms. The van der Waals surface area contributed by atoms with Gasteiger partial charge in [-0.15, -0.1) is 0 Å². The maximum atomic E-state index is 14.5. The summed E-state index contributed by atoms with van der Waals surface area (Å²) in [6.07, 6.45) is 0.220. The zero-order valence-corrected chi connectivity index (χ0v) is 27.9. The lowest BCUT2D eigenvalue weighted by Crippen LogP contribution is -2.53. The molecule has 0 aliphatic rings. The first-order valence-electron chi connectivity index (χ1n) is 15.2. The molecule has 0 bridgehead atoms. The second-order valence-electron chi connectivity index (χ2n) is 11.2. The highest BCUT2D eigenvalue weighted by Gasteiger charge is 2.35. The first-order chi connectivity index (χ1) is 22.1. The molecule has 1 atom stereocenters. The van der Waals surface area contributed by atoms with E-state index in [-0.39, 0.29) is 29.7 Å². The van der Waals surface area contributed by atoms with Crippen LogP contribution in [-0.4, -0.2) is 50.9 Å². The Bertz CT molecular complexity index is 1680. The van der Waals surface area contributed by atoms with Crippen molar-refractivity contribution in [3.63, 3.8) is 0 Å². The highest BCUT2D eigenvalue weighted by atomic mass is 35.5. The Labute approximate surface area is 277 Å². The molecule has 4 rings (SSSR count). The molecule has 0 aliphatic carbocycles. The van der Waals surface area contributed by atoms with Crippen molar-refractivity contribution in [2.75, 3.05) is 24.0 Å². The molecule has 4 aromatic carbocycles. The molecule has 2 amide bonds. The average Bonchev–Trinajstić information content (AvgIpc) is 3.06. The smallest absolute Gasteiger partial charge is 0.264 e. The van der Waals surface area contributed by atoms with Gasteiger partial charge >= 0.3 is 0 Å². The van der Waals surface area contributed by atoms with Crippen molar-refractivity contribution >= 4 is 39.1 Å². The van der Waals surface area contributed by atoms with E-state index in [1.807, 2.05) is 57.2 Å². The van der Waals surface area contributed by atoms with Crippen LogP contribution in [0, 0.1) is 5.92 Å². The van der Waals surface area contributed by atoms with Crippen molar-refractivity contribution in [2.45, 2.75) is 44.7 Å². The van der Waals surface area contributed by atoms with Crippen LogP contribution in [0.2, 0.25) is 5.02 Å². The molecular formula is C36H40ClN3O5S. The Balaban J connectivity index is 1.78. The second-order valence-corrected chi connectivity index (χ2v) is 13.5. The number of ether oxygens (including phenoxy) is 1. The van der Waals surface area contributed by atoms with E-state index in [1.165, 1.54) is 17.0 Å². The number of carbonyl (C=O) groups excluding carboxylic acids is 2. The second kappa shape index (κ2) is 16.3. The van der Waals surface area contributed by atoms with E-state index in [9.17, 15) is 18.0 Å². The largest absolute Gasteiger partial charge is 0.494 e. The fraction of sp³-hybridized carbons (Fsp3) is 0.278. The van der Waals surface area contributed by atoms with Gasteiger partial charge in [0.1, 0.15) is 18.3 Å². The van der Waals surface area contributed by atoms with Crippen LogP contribution in [0.3, 0.4) is 0 Å². The van der Waals surface area contributed by atoms with Crippen molar-refractivity contribution in [3.05, 3.63) is 125 Å². The van der Waals surface area contributed by atoms with Gasteiger partial charge in [0.15, 0.2) is 0 Å². The van der Waals surface area contributed by atoms with Crippen molar-refractivity contribution in [3.8, 4) is 5.75 Å². The summed E-state index contributed by atoms with van der Waals surface area (Å²) in [7, 11) is -4.22. The van der Waals surface area contributed by atoms with Crippen LogP contribution in [0.15, 0.2) is 114 Å². The number of para-hydroxylation sites is 1. The number of halogens is 1. The molecule has 46 heavy (non-hydrogen) atoms. The highest BCUT2D eigenvalue weighted by molar-refractivity contribution is 7.92. The number of carbonyl (C=O) groups is 2. The maximum absolute atomic E-state index is 14.5. The Morgan fingerprint density at radius 3 is 2.07 bits per heavy atom. The van der Waals surface area contributed by atoms with Gasteiger partial charge in [0.25, 0.3) is 10.0 Å². The number of amides is 2. The number of sulfonamides is 1. The first-order valence-corrected chi connectivity index (χ1v) is 17.1. The Morgan fingerprint density at radius 1 is 0.848 bits per heavy atom. The minimum absolute atomic E-state index is 0.000715. The van der Waals surface area contributed by atoms with Gasteiger partial charge in [-0.05, 0) is 66.4 Å². The van der Waals surface area contributed by atoms with E-state index in [1.54, 1.807) is 60.7 Å². The van der Waals surface area contributed by atoms with Crippen LogP contribution >= 0.6 is 11.6 Å². The topological polar surface area (TPSA) is 96.0 Å². The molecule has 10 heteroatoms. The summed E-state index contributed by atoms with van der Waals surface area (Å²) < 4.78 is 34.9. The number of anilines is 1. The molecule has 0 aromatic heterocycles. The number of nitrogens with zero attached hydrogens (tertiary/aromatic N) is 2. The summed E-state index contributed by atoms with van der Waals surface area (Å²) in [6, 6.07) is 30.1. The predicted molar refractivity (Wildman–Crippen MR) is 182 cm³/mol. The van der Waals surface area contributed by atoms with Crippen molar-refractivity contribution < 1.29 is 22.7 Å². The van der Waals surface area contributed by atoms with E-state index in [4.69, 9.17) is 16.3 Å². The minimum atomic E-state index is -4.22. The average molecular weight is 662 g/mol. The lowest BCUT2D eigenvalue weighted by molar-refractivity contribution is -0.140. The van der Waals surface area contributed by atoms with Crippen LogP contribution in [0.1, 0.15) is 31.9 Å². The molecule has 0 aliphatic heterocycles. The van der Waals surface area contributed by atoms with Crippen LogP contribution < -0.4 is 14.4 Å². The highest BCUT2D eigenvalue weighted by Crippen LogP contribution is 2.27.